The predicted octanol–water partition coefficient (Wildman–Crippen LogP) is 7.60. The molecule has 0 aliphatic rings. The number of fused-ring (bicyclic) bond motifs is 1. The first-order valence-electron chi connectivity index (χ1n) is 12.2. The van der Waals surface area contributed by atoms with Crippen LogP contribution in [0, 0.1) is 0 Å². The van der Waals surface area contributed by atoms with Crippen molar-refractivity contribution < 1.29 is 5.11 Å². The van der Waals surface area contributed by atoms with E-state index in [1.54, 1.807) is 34.6 Å². The topological polar surface area (TPSA) is 65.7 Å². The molecular weight excluding hydrogens is 582 g/mol. The smallest absolute Gasteiger partial charge is 0.172 e. The van der Waals surface area contributed by atoms with Crippen molar-refractivity contribution in [3.63, 3.8) is 0 Å². The molecule has 0 aliphatic heterocycles. The Kier molecular flexibility index (Phi) is 8.54. The van der Waals surface area contributed by atoms with E-state index in [0.717, 1.165) is 41.4 Å². The highest BCUT2D eigenvalue weighted by Gasteiger charge is 2.14. The molecule has 0 bridgehead atoms. The number of nitrogens with zero attached hydrogens (tertiary/aromatic N) is 4. The minimum absolute atomic E-state index is 0.196. The van der Waals surface area contributed by atoms with Crippen LogP contribution in [-0.4, -0.2) is 44.7 Å². The molecule has 2 N–H and O–H groups in total. The fourth-order valence-corrected chi connectivity index (χ4v) is 5.60. The molecule has 2 aromatic heterocycles. The monoisotopic (exact) mass is 607 g/mol. The van der Waals surface area contributed by atoms with Gasteiger partial charge in [-0.3, -0.25) is 0 Å². The molecule has 0 spiro atoms. The van der Waals surface area contributed by atoms with Crippen LogP contribution in [0.25, 0.3) is 16.9 Å². The van der Waals surface area contributed by atoms with Crippen LogP contribution in [-0.2, 0) is 6.54 Å². The van der Waals surface area contributed by atoms with Gasteiger partial charge in [-0.15, -0.1) is 0 Å². The van der Waals surface area contributed by atoms with Gasteiger partial charge in [0, 0.05) is 39.5 Å². The zero-order valence-corrected chi connectivity index (χ0v) is 24.0. The van der Waals surface area contributed by atoms with Gasteiger partial charge in [0.15, 0.2) is 5.65 Å². The average molecular weight is 609 g/mol. The van der Waals surface area contributed by atoms with Crippen LogP contribution in [0.2, 0.25) is 5.02 Å². The normalized spacial score (nSPS) is 11.4. The van der Waals surface area contributed by atoms with Gasteiger partial charge < -0.3 is 15.3 Å². The van der Waals surface area contributed by atoms with E-state index in [-0.39, 0.29) is 5.75 Å². The Bertz CT molecular complexity index is 1540. The van der Waals surface area contributed by atoms with Crippen LogP contribution in [0.3, 0.4) is 0 Å². The zero-order valence-electron chi connectivity index (χ0n) is 20.8. The number of phenols is 1. The van der Waals surface area contributed by atoms with Crippen molar-refractivity contribution >= 4 is 50.8 Å². The Balaban J connectivity index is 1.22. The molecule has 0 aliphatic carbocycles. The lowest BCUT2D eigenvalue weighted by molar-refractivity contribution is 0.323. The number of aromatic hydroxyl groups is 1. The molecule has 38 heavy (non-hydrogen) atoms. The molecule has 2 heterocycles. The number of aromatic nitrogens is 3. The van der Waals surface area contributed by atoms with E-state index >= 15 is 0 Å². The van der Waals surface area contributed by atoms with E-state index in [1.165, 1.54) is 15.4 Å². The van der Waals surface area contributed by atoms with Crippen molar-refractivity contribution in [1.82, 2.24) is 19.5 Å². The minimum atomic E-state index is 0.196. The number of para-hydroxylation sites is 1. The fraction of sp³-hybridized carbons (Fsp3) is 0.172. The third-order valence-electron chi connectivity index (χ3n) is 6.09. The Morgan fingerprint density at radius 3 is 2.63 bits per heavy atom. The summed E-state index contributed by atoms with van der Waals surface area (Å²) in [6.07, 6.45) is 2.68. The first-order valence-corrected chi connectivity index (χ1v) is 14.2. The molecule has 0 amide bonds. The number of phenolic OH excluding ortho intramolecular Hbond substituents is 1. The SMILES string of the molecule is CN(CCCNc1cc(-c2ccccc2O)nc2c(Br)cnn12)Cc1ccccc1Sc1ccc(Cl)cc1. The maximum atomic E-state index is 10.3. The standard InChI is InChI=1S/C29H27BrClN5OS/c1-35(19-20-7-2-5-10-27(20)38-22-13-11-21(31)12-14-22)16-6-15-32-28-17-25(23-8-3-4-9-26(23)37)34-29-24(30)18-33-36(28)29/h2-5,7-14,17-18,32,37H,6,15-16,19H2,1H3. The van der Waals surface area contributed by atoms with Crippen molar-refractivity contribution in [1.29, 1.82) is 0 Å². The van der Waals surface area contributed by atoms with Gasteiger partial charge in [0.05, 0.1) is 16.4 Å². The van der Waals surface area contributed by atoms with Gasteiger partial charge in [0.2, 0.25) is 0 Å². The third-order valence-corrected chi connectivity index (χ3v) is 8.02. The molecule has 6 nitrogen and oxygen atoms in total. The van der Waals surface area contributed by atoms with E-state index in [4.69, 9.17) is 16.6 Å². The molecule has 0 saturated carbocycles. The molecule has 0 atom stereocenters. The van der Waals surface area contributed by atoms with Crippen LogP contribution in [0.15, 0.2) is 99.3 Å². The molecule has 0 radical (unpaired) electrons. The summed E-state index contributed by atoms with van der Waals surface area (Å²) < 4.78 is 2.58. The molecule has 0 fully saturated rings. The molecule has 5 rings (SSSR count). The average Bonchev–Trinajstić information content (AvgIpc) is 3.30. The van der Waals surface area contributed by atoms with E-state index < -0.39 is 0 Å². The summed E-state index contributed by atoms with van der Waals surface area (Å²) in [5, 5.41) is 19.1. The second-order valence-corrected chi connectivity index (χ2v) is 11.4. The van der Waals surface area contributed by atoms with Gasteiger partial charge >= 0.3 is 0 Å². The van der Waals surface area contributed by atoms with E-state index in [1.807, 2.05) is 30.3 Å². The summed E-state index contributed by atoms with van der Waals surface area (Å²) in [6, 6.07) is 25.6. The summed E-state index contributed by atoms with van der Waals surface area (Å²) in [5.41, 5.74) is 3.36. The van der Waals surface area contributed by atoms with Gasteiger partial charge in [0.25, 0.3) is 0 Å². The van der Waals surface area contributed by atoms with Gasteiger partial charge in [0.1, 0.15) is 11.6 Å². The molecule has 0 unspecified atom stereocenters. The van der Waals surface area contributed by atoms with Crippen LogP contribution < -0.4 is 5.32 Å². The highest BCUT2D eigenvalue weighted by molar-refractivity contribution is 9.10. The van der Waals surface area contributed by atoms with Gasteiger partial charge in [-0.25, -0.2) is 4.98 Å². The third kappa shape index (κ3) is 6.32. The number of hydrogen-bond acceptors (Lipinski definition) is 6. The fourth-order valence-electron chi connectivity index (χ4n) is 4.19. The van der Waals surface area contributed by atoms with E-state index in [0.29, 0.717) is 16.9 Å². The van der Waals surface area contributed by atoms with Crippen molar-refractivity contribution in [2.24, 2.45) is 0 Å². The predicted molar refractivity (Wildman–Crippen MR) is 159 cm³/mol. The van der Waals surface area contributed by atoms with Crippen molar-refractivity contribution in [3.05, 3.63) is 100 Å². The number of anilines is 1. The lowest BCUT2D eigenvalue weighted by Gasteiger charge is -2.19. The summed E-state index contributed by atoms with van der Waals surface area (Å²) in [6.45, 7) is 2.55. The first kappa shape index (κ1) is 26.6. The zero-order chi connectivity index (χ0) is 26.5. The van der Waals surface area contributed by atoms with E-state index in [2.05, 4.69) is 74.7 Å². The highest BCUT2D eigenvalue weighted by atomic mass is 79.9. The van der Waals surface area contributed by atoms with Crippen LogP contribution in [0.5, 0.6) is 5.75 Å². The summed E-state index contributed by atoms with van der Waals surface area (Å²) >= 11 is 11.3. The van der Waals surface area contributed by atoms with Crippen molar-refractivity contribution in [2.75, 3.05) is 25.5 Å². The quantitative estimate of drug-likeness (QED) is 0.159. The largest absolute Gasteiger partial charge is 0.507 e. The van der Waals surface area contributed by atoms with Crippen LogP contribution in [0.1, 0.15) is 12.0 Å². The molecule has 0 saturated heterocycles. The number of halogens is 2. The lowest BCUT2D eigenvalue weighted by atomic mass is 10.1. The van der Waals surface area contributed by atoms with Gasteiger partial charge in [-0.1, -0.05) is 53.7 Å². The maximum absolute atomic E-state index is 10.3. The number of benzene rings is 3. The van der Waals surface area contributed by atoms with E-state index in [9.17, 15) is 5.11 Å². The molecular formula is C29H27BrClN5OS. The van der Waals surface area contributed by atoms with Crippen molar-refractivity contribution in [3.8, 4) is 17.0 Å². The lowest BCUT2D eigenvalue weighted by Crippen LogP contribution is -2.22. The maximum Gasteiger partial charge on any atom is 0.172 e. The second-order valence-electron chi connectivity index (χ2n) is 8.95. The highest BCUT2D eigenvalue weighted by Crippen LogP contribution is 2.32. The Labute approximate surface area is 239 Å². The number of rotatable bonds is 10. The number of hydrogen-bond donors (Lipinski definition) is 2. The van der Waals surface area contributed by atoms with Gasteiger partial charge in [-0.2, -0.15) is 9.61 Å². The Morgan fingerprint density at radius 2 is 1.82 bits per heavy atom. The molecule has 194 valence electrons. The Morgan fingerprint density at radius 1 is 1.05 bits per heavy atom. The summed E-state index contributed by atoms with van der Waals surface area (Å²) in [4.78, 5) is 9.47. The Hall–Kier alpha value is -3.04. The molecule has 5 aromatic rings. The second kappa shape index (κ2) is 12.2. The minimum Gasteiger partial charge on any atom is -0.507 e. The first-order chi connectivity index (χ1) is 18.5. The van der Waals surface area contributed by atoms with Crippen LogP contribution in [0.4, 0.5) is 5.82 Å². The summed E-state index contributed by atoms with van der Waals surface area (Å²) in [5.74, 6) is 1.02. The van der Waals surface area contributed by atoms with Crippen LogP contribution >= 0.6 is 39.3 Å². The van der Waals surface area contributed by atoms with Gasteiger partial charge in [-0.05, 0) is 84.0 Å². The molecule has 9 heteroatoms. The molecule has 3 aromatic carbocycles. The van der Waals surface area contributed by atoms with Crippen molar-refractivity contribution in [2.45, 2.75) is 22.8 Å². The number of nitrogens with one attached hydrogen (secondary N) is 1. The summed E-state index contributed by atoms with van der Waals surface area (Å²) in [7, 11) is 2.15.